The molecule has 0 spiro atoms. The number of ether oxygens (including phenoxy) is 2. The van der Waals surface area contributed by atoms with Gasteiger partial charge in [-0.05, 0) is 32.4 Å². The molecule has 2 atom stereocenters. The summed E-state index contributed by atoms with van der Waals surface area (Å²) in [5.41, 5.74) is 0.866. The molecule has 1 rings (SSSR count). The topological polar surface area (TPSA) is 59.6 Å². The van der Waals surface area contributed by atoms with E-state index in [-0.39, 0.29) is 24.6 Å². The molecule has 0 aliphatic carbocycles. The van der Waals surface area contributed by atoms with E-state index in [1.165, 1.54) is 0 Å². The molecule has 0 radical (unpaired) electrons. The van der Waals surface area contributed by atoms with Crippen molar-refractivity contribution < 1.29 is 14.3 Å². The van der Waals surface area contributed by atoms with E-state index in [1.54, 1.807) is 7.11 Å². The van der Waals surface area contributed by atoms with E-state index in [2.05, 4.69) is 17.6 Å². The third-order valence-electron chi connectivity index (χ3n) is 3.02. The number of anilines is 1. The summed E-state index contributed by atoms with van der Waals surface area (Å²) in [5.74, 6) is 0.746. The maximum absolute atomic E-state index is 11.8. The molecule has 21 heavy (non-hydrogen) atoms. The highest BCUT2D eigenvalue weighted by Crippen LogP contribution is 2.18. The van der Waals surface area contributed by atoms with E-state index in [4.69, 9.17) is 9.47 Å². The molecule has 0 fully saturated rings. The fourth-order valence-electron chi connectivity index (χ4n) is 1.79. The van der Waals surface area contributed by atoms with Gasteiger partial charge in [-0.15, -0.1) is 0 Å². The summed E-state index contributed by atoms with van der Waals surface area (Å²) in [5, 5.41) is 5.94. The van der Waals surface area contributed by atoms with Crippen LogP contribution >= 0.6 is 0 Å². The number of carbonyl (C=O) groups excluding carboxylic acids is 1. The lowest BCUT2D eigenvalue weighted by Gasteiger charge is -2.15. The lowest BCUT2D eigenvalue weighted by Crippen LogP contribution is -2.39. The minimum Gasteiger partial charge on any atom is -0.491 e. The molecule has 0 aliphatic heterocycles. The van der Waals surface area contributed by atoms with Crippen LogP contribution in [0.3, 0.4) is 0 Å². The number of nitrogens with one attached hydrogen (secondary N) is 2. The van der Waals surface area contributed by atoms with E-state index < -0.39 is 0 Å². The highest BCUT2D eigenvalue weighted by Gasteiger charge is 2.07. The first-order valence-electron chi connectivity index (χ1n) is 7.34. The minimum absolute atomic E-state index is 0.00405. The van der Waals surface area contributed by atoms with Crippen LogP contribution in [0.1, 0.15) is 27.2 Å². The summed E-state index contributed by atoms with van der Waals surface area (Å²) < 4.78 is 10.7. The zero-order chi connectivity index (χ0) is 15.7. The van der Waals surface area contributed by atoms with Gasteiger partial charge in [-0.3, -0.25) is 4.79 Å². The van der Waals surface area contributed by atoms with Crippen molar-refractivity contribution in [1.29, 1.82) is 0 Å². The first kappa shape index (κ1) is 17.3. The largest absolute Gasteiger partial charge is 0.491 e. The van der Waals surface area contributed by atoms with Gasteiger partial charge in [0, 0.05) is 24.9 Å². The quantitative estimate of drug-likeness (QED) is 0.734. The van der Waals surface area contributed by atoms with Crippen molar-refractivity contribution in [3.8, 4) is 5.75 Å². The van der Waals surface area contributed by atoms with Gasteiger partial charge in [0.1, 0.15) is 5.75 Å². The van der Waals surface area contributed by atoms with Crippen LogP contribution in [0.25, 0.3) is 0 Å². The first-order chi connectivity index (χ1) is 10.0. The van der Waals surface area contributed by atoms with Crippen LogP contribution in [0.5, 0.6) is 5.75 Å². The van der Waals surface area contributed by atoms with E-state index in [9.17, 15) is 4.79 Å². The van der Waals surface area contributed by atoms with E-state index in [1.807, 2.05) is 38.1 Å². The van der Waals surface area contributed by atoms with Crippen LogP contribution in [0, 0.1) is 0 Å². The minimum atomic E-state index is -0.0622. The van der Waals surface area contributed by atoms with Crippen molar-refractivity contribution in [2.75, 3.05) is 25.6 Å². The van der Waals surface area contributed by atoms with Crippen LogP contribution in [0.4, 0.5) is 5.69 Å². The third-order valence-corrected chi connectivity index (χ3v) is 3.02. The van der Waals surface area contributed by atoms with E-state index >= 15 is 0 Å². The number of benzene rings is 1. The van der Waals surface area contributed by atoms with Gasteiger partial charge < -0.3 is 20.1 Å². The molecular weight excluding hydrogens is 268 g/mol. The van der Waals surface area contributed by atoms with Crippen LogP contribution in [0.15, 0.2) is 24.3 Å². The second-order valence-electron chi connectivity index (χ2n) is 5.14. The van der Waals surface area contributed by atoms with E-state index in [0.29, 0.717) is 6.61 Å². The van der Waals surface area contributed by atoms with Crippen molar-refractivity contribution >= 4 is 11.6 Å². The predicted molar refractivity (Wildman–Crippen MR) is 84.8 cm³/mol. The maximum Gasteiger partial charge on any atom is 0.239 e. The molecule has 5 nitrogen and oxygen atoms in total. The zero-order valence-corrected chi connectivity index (χ0v) is 13.3. The second kappa shape index (κ2) is 9.23. The van der Waals surface area contributed by atoms with Crippen molar-refractivity contribution in [3.63, 3.8) is 0 Å². The lowest BCUT2D eigenvalue weighted by molar-refractivity contribution is -0.120. The standard InChI is InChI=1S/C16H26N2O3/c1-5-13(3)21-15-8-6-7-14(9-15)17-10-16(19)18-12(2)11-20-4/h6-9,12-13,17H,5,10-11H2,1-4H3,(H,18,19). The summed E-state index contributed by atoms with van der Waals surface area (Å²) in [6.45, 7) is 6.75. The molecule has 118 valence electrons. The number of methoxy groups -OCH3 is 1. The predicted octanol–water partition coefficient (Wildman–Crippen LogP) is 2.43. The second-order valence-corrected chi connectivity index (χ2v) is 5.14. The van der Waals surface area contributed by atoms with Crippen molar-refractivity contribution in [3.05, 3.63) is 24.3 Å². The molecule has 1 aromatic rings. The van der Waals surface area contributed by atoms with Crippen LogP contribution in [-0.2, 0) is 9.53 Å². The molecule has 2 N–H and O–H groups in total. The number of rotatable bonds is 9. The Kier molecular flexibility index (Phi) is 7.61. The zero-order valence-electron chi connectivity index (χ0n) is 13.3. The smallest absolute Gasteiger partial charge is 0.239 e. The van der Waals surface area contributed by atoms with Crippen LogP contribution in [0.2, 0.25) is 0 Å². The lowest BCUT2D eigenvalue weighted by atomic mass is 10.2. The van der Waals surface area contributed by atoms with Gasteiger partial charge in [0.25, 0.3) is 0 Å². The third kappa shape index (κ3) is 6.99. The SMILES string of the molecule is CCC(C)Oc1cccc(NCC(=O)NC(C)COC)c1. The normalized spacial score (nSPS) is 13.3. The molecule has 0 heterocycles. The molecule has 5 heteroatoms. The van der Waals surface area contributed by atoms with Crippen molar-refractivity contribution in [2.24, 2.45) is 0 Å². The van der Waals surface area contributed by atoms with Gasteiger partial charge >= 0.3 is 0 Å². The average molecular weight is 294 g/mol. The van der Waals surface area contributed by atoms with Gasteiger partial charge in [0.15, 0.2) is 0 Å². The van der Waals surface area contributed by atoms with Gasteiger partial charge in [0.05, 0.1) is 19.3 Å². The van der Waals surface area contributed by atoms with Gasteiger partial charge in [-0.25, -0.2) is 0 Å². The molecule has 0 aliphatic rings. The summed E-state index contributed by atoms with van der Waals surface area (Å²) >= 11 is 0. The van der Waals surface area contributed by atoms with Crippen LogP contribution in [-0.4, -0.2) is 38.3 Å². The van der Waals surface area contributed by atoms with Gasteiger partial charge in [-0.1, -0.05) is 13.0 Å². The Morgan fingerprint density at radius 3 is 2.76 bits per heavy atom. The number of carbonyl (C=O) groups is 1. The van der Waals surface area contributed by atoms with Gasteiger partial charge in [-0.2, -0.15) is 0 Å². The summed E-state index contributed by atoms with van der Waals surface area (Å²) in [7, 11) is 1.61. The van der Waals surface area contributed by atoms with Crippen molar-refractivity contribution in [2.45, 2.75) is 39.3 Å². The Balaban J connectivity index is 2.44. The maximum atomic E-state index is 11.8. The first-order valence-corrected chi connectivity index (χ1v) is 7.34. The monoisotopic (exact) mass is 294 g/mol. The molecule has 0 saturated heterocycles. The fourth-order valence-corrected chi connectivity index (χ4v) is 1.79. The molecule has 0 saturated carbocycles. The molecule has 0 aromatic heterocycles. The highest BCUT2D eigenvalue weighted by molar-refractivity contribution is 5.81. The number of hydrogen-bond donors (Lipinski definition) is 2. The summed E-state index contributed by atoms with van der Waals surface area (Å²) in [4.78, 5) is 11.8. The Labute approximate surface area is 127 Å². The van der Waals surface area contributed by atoms with E-state index in [0.717, 1.165) is 17.9 Å². The molecule has 2 unspecified atom stereocenters. The average Bonchev–Trinajstić information content (AvgIpc) is 2.45. The van der Waals surface area contributed by atoms with Crippen molar-refractivity contribution in [1.82, 2.24) is 5.32 Å². The Bertz CT molecular complexity index is 437. The Hall–Kier alpha value is -1.75. The number of hydrogen-bond acceptors (Lipinski definition) is 4. The molecule has 1 aromatic carbocycles. The fraction of sp³-hybridized carbons (Fsp3) is 0.562. The number of amides is 1. The summed E-state index contributed by atoms with van der Waals surface area (Å²) in [6.07, 6.45) is 1.13. The Morgan fingerprint density at radius 1 is 1.33 bits per heavy atom. The molecule has 1 amide bonds. The molecule has 0 bridgehead atoms. The molecular formula is C16H26N2O3. The van der Waals surface area contributed by atoms with Gasteiger partial charge in [0.2, 0.25) is 5.91 Å². The summed E-state index contributed by atoms with van der Waals surface area (Å²) in [6, 6.07) is 7.64. The van der Waals surface area contributed by atoms with Crippen LogP contribution < -0.4 is 15.4 Å². The Morgan fingerprint density at radius 2 is 2.10 bits per heavy atom. The highest BCUT2D eigenvalue weighted by atomic mass is 16.5.